The maximum Gasteiger partial charge on any atom is 0.255 e. The lowest BCUT2D eigenvalue weighted by Crippen LogP contribution is -2.35. The van der Waals surface area contributed by atoms with Gasteiger partial charge in [0.2, 0.25) is 0 Å². The third kappa shape index (κ3) is 4.66. The molecule has 1 aromatic carbocycles. The van der Waals surface area contributed by atoms with Crippen molar-refractivity contribution in [2.45, 2.75) is 26.4 Å². The Morgan fingerprint density at radius 1 is 1.52 bits per heavy atom. The van der Waals surface area contributed by atoms with Crippen molar-refractivity contribution in [2.24, 2.45) is 11.8 Å². The highest BCUT2D eigenvalue weighted by molar-refractivity contribution is 6.33. The molecular formula is C16H24Cl2N2O3. The molecule has 130 valence electrons. The Labute approximate surface area is 148 Å². The number of methoxy groups -OCH3 is 1. The number of anilines is 1. The Morgan fingerprint density at radius 3 is 2.83 bits per heavy atom. The van der Waals surface area contributed by atoms with Crippen molar-refractivity contribution in [1.82, 2.24) is 5.32 Å². The van der Waals surface area contributed by atoms with Gasteiger partial charge in [0.15, 0.2) is 0 Å². The van der Waals surface area contributed by atoms with E-state index >= 15 is 0 Å². The van der Waals surface area contributed by atoms with Crippen LogP contribution in [0.5, 0.6) is 5.75 Å². The van der Waals surface area contributed by atoms with Crippen LogP contribution in [0.15, 0.2) is 12.1 Å². The molecule has 2 rings (SSSR count). The molecule has 2 atom stereocenters. The average molecular weight is 363 g/mol. The highest BCUT2D eigenvalue weighted by Crippen LogP contribution is 2.29. The topological polar surface area (TPSA) is 73.6 Å². The second-order valence-electron chi connectivity index (χ2n) is 5.91. The Hall–Kier alpha value is -1.17. The third-order valence-corrected chi connectivity index (χ3v) is 4.34. The lowest BCUT2D eigenvalue weighted by molar-refractivity contribution is 0.0533. The molecule has 5 nitrogen and oxygen atoms in total. The summed E-state index contributed by atoms with van der Waals surface area (Å²) in [7, 11) is 1.50. The molecule has 0 saturated carbocycles. The Kier molecular flexibility index (Phi) is 7.45. The van der Waals surface area contributed by atoms with E-state index in [2.05, 4.69) is 19.2 Å². The number of nitrogens with one attached hydrogen (secondary N) is 1. The van der Waals surface area contributed by atoms with E-state index in [1.807, 2.05) is 0 Å². The van der Waals surface area contributed by atoms with Crippen LogP contribution in [-0.2, 0) is 4.74 Å². The zero-order valence-electron chi connectivity index (χ0n) is 13.6. The lowest BCUT2D eigenvalue weighted by atomic mass is 9.93. The summed E-state index contributed by atoms with van der Waals surface area (Å²) in [6, 6.07) is 3.10. The molecule has 1 aliphatic rings. The number of halogens is 2. The molecule has 1 amide bonds. The number of rotatable bonds is 5. The predicted molar refractivity (Wildman–Crippen MR) is 94.7 cm³/mol. The van der Waals surface area contributed by atoms with E-state index in [1.165, 1.54) is 13.2 Å². The van der Waals surface area contributed by atoms with Crippen molar-refractivity contribution in [3.05, 3.63) is 22.7 Å². The van der Waals surface area contributed by atoms with Gasteiger partial charge in [-0.1, -0.05) is 25.4 Å². The number of nitrogen functional groups attached to an aromatic ring is 1. The van der Waals surface area contributed by atoms with Crippen LogP contribution in [0, 0.1) is 11.8 Å². The van der Waals surface area contributed by atoms with Crippen molar-refractivity contribution in [3.63, 3.8) is 0 Å². The van der Waals surface area contributed by atoms with E-state index in [4.69, 9.17) is 26.8 Å². The number of amides is 1. The van der Waals surface area contributed by atoms with E-state index in [9.17, 15) is 4.79 Å². The van der Waals surface area contributed by atoms with Crippen LogP contribution in [0.25, 0.3) is 0 Å². The number of carbonyl (C=O) groups is 1. The molecular weight excluding hydrogens is 339 g/mol. The molecule has 1 aromatic rings. The van der Waals surface area contributed by atoms with Crippen molar-refractivity contribution >= 4 is 35.6 Å². The maximum atomic E-state index is 12.4. The van der Waals surface area contributed by atoms with Crippen LogP contribution in [0.4, 0.5) is 5.69 Å². The SMILES string of the molecule is COc1cc(N)c(Cl)cc1C(=O)NCC1CCOC1C(C)C.Cl. The fourth-order valence-electron chi connectivity index (χ4n) is 2.85. The summed E-state index contributed by atoms with van der Waals surface area (Å²) in [6.07, 6.45) is 1.15. The molecule has 0 radical (unpaired) electrons. The zero-order valence-corrected chi connectivity index (χ0v) is 15.2. The molecule has 1 heterocycles. The summed E-state index contributed by atoms with van der Waals surface area (Å²) in [5.41, 5.74) is 6.51. The fraction of sp³-hybridized carbons (Fsp3) is 0.562. The van der Waals surface area contributed by atoms with Crippen LogP contribution in [0.3, 0.4) is 0 Å². The van der Waals surface area contributed by atoms with Crippen molar-refractivity contribution in [1.29, 1.82) is 0 Å². The molecule has 0 aromatic heterocycles. The van der Waals surface area contributed by atoms with Crippen LogP contribution >= 0.6 is 24.0 Å². The Balaban J connectivity index is 0.00000264. The van der Waals surface area contributed by atoms with E-state index < -0.39 is 0 Å². The number of hydrogen-bond acceptors (Lipinski definition) is 4. The minimum atomic E-state index is -0.215. The molecule has 0 aliphatic carbocycles. The Bertz CT molecular complexity index is 552. The number of hydrogen-bond donors (Lipinski definition) is 2. The maximum absolute atomic E-state index is 12.4. The number of carbonyl (C=O) groups excluding carboxylic acids is 1. The van der Waals surface area contributed by atoms with E-state index in [-0.39, 0.29) is 24.4 Å². The highest BCUT2D eigenvalue weighted by atomic mass is 35.5. The summed E-state index contributed by atoms with van der Waals surface area (Å²) < 4.78 is 10.9. The van der Waals surface area contributed by atoms with Gasteiger partial charge in [0.25, 0.3) is 5.91 Å². The molecule has 1 fully saturated rings. The van der Waals surface area contributed by atoms with Gasteiger partial charge in [-0.3, -0.25) is 4.79 Å². The average Bonchev–Trinajstić information content (AvgIpc) is 2.95. The van der Waals surface area contributed by atoms with Crippen molar-refractivity contribution in [2.75, 3.05) is 26.0 Å². The second kappa shape index (κ2) is 8.62. The van der Waals surface area contributed by atoms with Gasteiger partial charge in [0.05, 0.1) is 29.5 Å². The number of ether oxygens (including phenoxy) is 2. The molecule has 1 aliphatic heterocycles. The molecule has 23 heavy (non-hydrogen) atoms. The minimum Gasteiger partial charge on any atom is -0.496 e. The molecule has 0 spiro atoms. The van der Waals surface area contributed by atoms with E-state index in [0.29, 0.717) is 40.4 Å². The van der Waals surface area contributed by atoms with Gasteiger partial charge >= 0.3 is 0 Å². The smallest absolute Gasteiger partial charge is 0.255 e. The highest BCUT2D eigenvalue weighted by Gasteiger charge is 2.31. The van der Waals surface area contributed by atoms with Crippen LogP contribution < -0.4 is 15.8 Å². The number of benzene rings is 1. The first-order valence-electron chi connectivity index (χ1n) is 7.46. The Morgan fingerprint density at radius 2 is 2.22 bits per heavy atom. The summed E-state index contributed by atoms with van der Waals surface area (Å²) in [5.74, 6) is 0.972. The fourth-order valence-corrected chi connectivity index (χ4v) is 3.01. The molecule has 0 bridgehead atoms. The summed E-state index contributed by atoms with van der Waals surface area (Å²) in [4.78, 5) is 12.4. The lowest BCUT2D eigenvalue weighted by Gasteiger charge is -2.22. The molecule has 3 N–H and O–H groups in total. The molecule has 2 unspecified atom stereocenters. The second-order valence-corrected chi connectivity index (χ2v) is 6.32. The van der Waals surface area contributed by atoms with Gasteiger partial charge < -0.3 is 20.5 Å². The summed E-state index contributed by atoms with van der Waals surface area (Å²) in [5, 5.41) is 3.29. The quantitative estimate of drug-likeness (QED) is 0.789. The molecule has 7 heteroatoms. The van der Waals surface area contributed by atoms with Gasteiger partial charge in [-0.2, -0.15) is 0 Å². The van der Waals surface area contributed by atoms with Crippen LogP contribution in [0.2, 0.25) is 5.02 Å². The summed E-state index contributed by atoms with van der Waals surface area (Å²) >= 11 is 6.00. The third-order valence-electron chi connectivity index (χ3n) is 4.01. The molecule has 1 saturated heterocycles. The first-order chi connectivity index (χ1) is 10.4. The first kappa shape index (κ1) is 19.9. The van der Waals surface area contributed by atoms with Crippen molar-refractivity contribution in [3.8, 4) is 5.75 Å². The first-order valence-corrected chi connectivity index (χ1v) is 7.84. The van der Waals surface area contributed by atoms with Crippen LogP contribution in [-0.4, -0.2) is 32.3 Å². The predicted octanol–water partition coefficient (Wildman–Crippen LogP) is 3.14. The monoisotopic (exact) mass is 362 g/mol. The van der Waals surface area contributed by atoms with Gasteiger partial charge in [0.1, 0.15) is 5.75 Å². The summed E-state index contributed by atoms with van der Waals surface area (Å²) in [6.45, 7) is 5.59. The van der Waals surface area contributed by atoms with E-state index in [0.717, 1.165) is 13.0 Å². The van der Waals surface area contributed by atoms with Crippen molar-refractivity contribution < 1.29 is 14.3 Å². The normalized spacial score (nSPS) is 20.2. The van der Waals surface area contributed by atoms with Gasteiger partial charge in [-0.15, -0.1) is 12.4 Å². The standard InChI is InChI=1S/C16H23ClN2O3.ClH/c1-9(2)15-10(4-5-22-15)8-19-16(20)11-6-12(17)13(18)7-14(11)21-3;/h6-7,9-10,15H,4-5,8,18H2,1-3H3,(H,19,20);1H. The van der Waals surface area contributed by atoms with Gasteiger partial charge in [-0.05, 0) is 18.4 Å². The zero-order chi connectivity index (χ0) is 16.3. The number of nitrogens with two attached hydrogens (primary N) is 1. The largest absolute Gasteiger partial charge is 0.496 e. The van der Waals surface area contributed by atoms with E-state index in [1.54, 1.807) is 6.07 Å². The van der Waals surface area contributed by atoms with Gasteiger partial charge in [-0.25, -0.2) is 0 Å². The van der Waals surface area contributed by atoms with Crippen LogP contribution in [0.1, 0.15) is 30.6 Å². The minimum absolute atomic E-state index is 0. The van der Waals surface area contributed by atoms with Gasteiger partial charge in [0, 0.05) is 25.1 Å².